The second-order valence-electron chi connectivity index (χ2n) is 7.69. The summed E-state index contributed by atoms with van der Waals surface area (Å²) in [5.74, 6) is -1.21. The summed E-state index contributed by atoms with van der Waals surface area (Å²) >= 11 is 0. The number of hydrogen-bond donors (Lipinski definition) is 3. The van der Waals surface area contributed by atoms with Crippen LogP contribution in [0.3, 0.4) is 0 Å². The predicted octanol–water partition coefficient (Wildman–Crippen LogP) is 3.78. The summed E-state index contributed by atoms with van der Waals surface area (Å²) in [6.45, 7) is 1.41. The van der Waals surface area contributed by atoms with E-state index >= 15 is 0 Å². The molecule has 0 unspecified atom stereocenters. The number of primary amides is 1. The van der Waals surface area contributed by atoms with E-state index < -0.39 is 17.9 Å². The van der Waals surface area contributed by atoms with Gasteiger partial charge < -0.3 is 16.4 Å². The number of carbonyl (C=O) groups excluding carboxylic acids is 3. The SMILES string of the molecule is CC(=O)Nc1ccc(C(=O)N[C@H](Cc2c3ccccc3cc3ccccc23)C(N)=O)cc1. The van der Waals surface area contributed by atoms with Crippen LogP contribution in [0.4, 0.5) is 5.69 Å². The number of hydrogen-bond acceptors (Lipinski definition) is 3. The third-order valence-electron chi connectivity index (χ3n) is 5.41. The van der Waals surface area contributed by atoms with E-state index in [1.807, 2.05) is 48.5 Å². The molecule has 4 aromatic rings. The molecule has 0 radical (unpaired) electrons. The molecule has 0 saturated carbocycles. The molecule has 6 nitrogen and oxygen atoms in total. The molecule has 0 fully saturated rings. The Morgan fingerprint density at radius 2 is 1.41 bits per heavy atom. The van der Waals surface area contributed by atoms with Gasteiger partial charge in [-0.25, -0.2) is 0 Å². The van der Waals surface area contributed by atoms with Crippen LogP contribution >= 0.6 is 0 Å². The number of benzene rings is 4. The molecular formula is C26H23N3O3. The van der Waals surface area contributed by atoms with Crippen molar-refractivity contribution in [3.05, 3.63) is 90.0 Å². The van der Waals surface area contributed by atoms with E-state index in [0.717, 1.165) is 27.1 Å². The number of anilines is 1. The van der Waals surface area contributed by atoms with Gasteiger partial charge in [-0.05, 0) is 57.4 Å². The van der Waals surface area contributed by atoms with Crippen LogP contribution in [0.2, 0.25) is 0 Å². The van der Waals surface area contributed by atoms with Crippen LogP contribution in [0.1, 0.15) is 22.8 Å². The molecule has 3 amide bonds. The first-order valence-electron chi connectivity index (χ1n) is 10.3. The van der Waals surface area contributed by atoms with E-state index in [0.29, 0.717) is 11.3 Å². The Labute approximate surface area is 185 Å². The zero-order valence-electron chi connectivity index (χ0n) is 17.6. The fourth-order valence-electron chi connectivity index (χ4n) is 3.90. The number of amides is 3. The fourth-order valence-corrected chi connectivity index (χ4v) is 3.90. The van der Waals surface area contributed by atoms with Crippen LogP contribution in [0.15, 0.2) is 78.9 Å². The van der Waals surface area contributed by atoms with Gasteiger partial charge in [0.15, 0.2) is 0 Å². The fraction of sp³-hybridized carbons (Fsp3) is 0.115. The molecule has 0 bridgehead atoms. The van der Waals surface area contributed by atoms with E-state index in [4.69, 9.17) is 5.73 Å². The first-order chi connectivity index (χ1) is 15.4. The molecule has 1 atom stereocenters. The lowest BCUT2D eigenvalue weighted by Crippen LogP contribution is -2.45. The van der Waals surface area contributed by atoms with Crippen LogP contribution < -0.4 is 16.4 Å². The molecule has 160 valence electrons. The third kappa shape index (κ3) is 4.44. The van der Waals surface area contributed by atoms with Crippen molar-refractivity contribution in [3.63, 3.8) is 0 Å². The van der Waals surface area contributed by atoms with Crippen molar-refractivity contribution in [1.29, 1.82) is 0 Å². The summed E-state index contributed by atoms with van der Waals surface area (Å²) in [5, 5.41) is 9.58. The molecule has 0 aliphatic heterocycles. The minimum absolute atomic E-state index is 0.196. The molecular weight excluding hydrogens is 402 g/mol. The van der Waals surface area contributed by atoms with Gasteiger partial charge in [-0.3, -0.25) is 14.4 Å². The van der Waals surface area contributed by atoms with E-state index in [2.05, 4.69) is 16.7 Å². The number of carbonyl (C=O) groups is 3. The molecule has 32 heavy (non-hydrogen) atoms. The van der Waals surface area contributed by atoms with Crippen molar-refractivity contribution in [2.24, 2.45) is 5.73 Å². The molecule has 0 aliphatic carbocycles. The van der Waals surface area contributed by atoms with Gasteiger partial charge in [0.25, 0.3) is 5.91 Å². The van der Waals surface area contributed by atoms with Gasteiger partial charge in [-0.1, -0.05) is 48.5 Å². The Kier molecular flexibility index (Phi) is 5.85. The van der Waals surface area contributed by atoms with Gasteiger partial charge in [-0.15, -0.1) is 0 Å². The summed E-state index contributed by atoms with van der Waals surface area (Å²) in [7, 11) is 0. The Morgan fingerprint density at radius 1 is 0.844 bits per heavy atom. The maximum absolute atomic E-state index is 12.8. The standard InChI is InChI=1S/C26H23N3O3/c1-16(30)28-20-12-10-17(11-13-20)26(32)29-24(25(27)31)15-23-21-8-4-2-6-18(21)14-19-7-3-5-9-22(19)23/h2-14,24H,15H2,1H3,(H2,27,31)(H,28,30)(H,29,32)/t24-/m1/s1. The lowest BCUT2D eigenvalue weighted by molar-refractivity contribution is -0.119. The van der Waals surface area contributed by atoms with Gasteiger partial charge in [0.05, 0.1) is 0 Å². The van der Waals surface area contributed by atoms with Gasteiger partial charge in [0, 0.05) is 24.6 Å². The molecule has 0 spiro atoms. The normalized spacial score (nSPS) is 11.8. The van der Waals surface area contributed by atoms with E-state index in [9.17, 15) is 14.4 Å². The number of rotatable bonds is 6. The van der Waals surface area contributed by atoms with Crippen molar-refractivity contribution in [2.75, 3.05) is 5.32 Å². The first-order valence-corrected chi connectivity index (χ1v) is 10.3. The summed E-state index contributed by atoms with van der Waals surface area (Å²) in [5.41, 5.74) is 7.59. The lowest BCUT2D eigenvalue weighted by atomic mass is 9.92. The molecule has 4 aromatic carbocycles. The van der Waals surface area contributed by atoms with Crippen LogP contribution in [0.25, 0.3) is 21.5 Å². The Bertz CT molecular complexity index is 1280. The smallest absolute Gasteiger partial charge is 0.251 e. The van der Waals surface area contributed by atoms with E-state index in [1.54, 1.807) is 24.3 Å². The average Bonchev–Trinajstić information content (AvgIpc) is 2.78. The van der Waals surface area contributed by atoms with Crippen molar-refractivity contribution in [3.8, 4) is 0 Å². The Hall–Kier alpha value is -4.19. The minimum atomic E-state index is -0.883. The second kappa shape index (κ2) is 8.89. The van der Waals surface area contributed by atoms with Crippen molar-refractivity contribution in [1.82, 2.24) is 5.32 Å². The quantitative estimate of drug-likeness (QED) is 0.410. The van der Waals surface area contributed by atoms with Crippen molar-refractivity contribution < 1.29 is 14.4 Å². The highest BCUT2D eigenvalue weighted by atomic mass is 16.2. The minimum Gasteiger partial charge on any atom is -0.368 e. The summed E-state index contributed by atoms with van der Waals surface area (Å²) in [6, 6.07) is 23.6. The monoisotopic (exact) mass is 425 g/mol. The lowest BCUT2D eigenvalue weighted by Gasteiger charge is -2.19. The second-order valence-corrected chi connectivity index (χ2v) is 7.69. The largest absolute Gasteiger partial charge is 0.368 e. The maximum atomic E-state index is 12.8. The number of nitrogens with two attached hydrogens (primary N) is 1. The van der Waals surface area contributed by atoms with Crippen LogP contribution in [-0.2, 0) is 16.0 Å². The molecule has 6 heteroatoms. The van der Waals surface area contributed by atoms with Gasteiger partial charge >= 0.3 is 0 Å². The molecule has 4 rings (SSSR count). The summed E-state index contributed by atoms with van der Waals surface area (Å²) in [6.07, 6.45) is 0.271. The van der Waals surface area contributed by atoms with Crippen molar-refractivity contribution >= 4 is 45.0 Å². The van der Waals surface area contributed by atoms with Gasteiger partial charge in [0.1, 0.15) is 6.04 Å². The molecule has 0 aliphatic rings. The summed E-state index contributed by atoms with van der Waals surface area (Å²) < 4.78 is 0. The molecule has 0 aromatic heterocycles. The Balaban J connectivity index is 1.64. The third-order valence-corrected chi connectivity index (χ3v) is 5.41. The average molecular weight is 425 g/mol. The van der Waals surface area contributed by atoms with Crippen molar-refractivity contribution in [2.45, 2.75) is 19.4 Å². The predicted molar refractivity (Wildman–Crippen MR) is 126 cm³/mol. The topological polar surface area (TPSA) is 101 Å². The zero-order chi connectivity index (χ0) is 22.7. The van der Waals surface area contributed by atoms with Crippen LogP contribution in [-0.4, -0.2) is 23.8 Å². The molecule has 0 heterocycles. The molecule has 0 saturated heterocycles. The highest BCUT2D eigenvalue weighted by Gasteiger charge is 2.22. The zero-order valence-corrected chi connectivity index (χ0v) is 17.6. The van der Waals surface area contributed by atoms with Crippen LogP contribution in [0.5, 0.6) is 0 Å². The molecule has 4 N–H and O–H groups in total. The van der Waals surface area contributed by atoms with Gasteiger partial charge in [-0.2, -0.15) is 0 Å². The first kappa shape index (κ1) is 21.1. The highest BCUT2D eigenvalue weighted by Crippen LogP contribution is 2.29. The maximum Gasteiger partial charge on any atom is 0.251 e. The Morgan fingerprint density at radius 3 is 1.94 bits per heavy atom. The number of fused-ring (bicyclic) bond motifs is 2. The summed E-state index contributed by atoms with van der Waals surface area (Å²) in [4.78, 5) is 36.3. The van der Waals surface area contributed by atoms with E-state index in [-0.39, 0.29) is 12.3 Å². The van der Waals surface area contributed by atoms with Crippen LogP contribution in [0, 0.1) is 0 Å². The number of nitrogens with one attached hydrogen (secondary N) is 2. The highest BCUT2D eigenvalue weighted by molar-refractivity contribution is 6.03. The van der Waals surface area contributed by atoms with E-state index in [1.165, 1.54) is 6.92 Å². The van der Waals surface area contributed by atoms with Gasteiger partial charge in [0.2, 0.25) is 11.8 Å².